The van der Waals surface area contributed by atoms with Gasteiger partial charge < -0.3 is 0 Å². The standard InChI is InChI=1S/C10H5Br2ClFN/c1-4-3-15-10-5(11)2-6(14)8(12)7(10)9(4)13/h2-3H,1H3. The van der Waals surface area contributed by atoms with Crippen LogP contribution >= 0.6 is 43.5 Å². The van der Waals surface area contributed by atoms with Crippen molar-refractivity contribution in [3.05, 3.63) is 37.6 Å². The molecule has 0 fully saturated rings. The first-order valence-electron chi connectivity index (χ1n) is 4.10. The molecule has 0 saturated heterocycles. The highest BCUT2D eigenvalue weighted by Crippen LogP contribution is 2.37. The van der Waals surface area contributed by atoms with Crippen molar-refractivity contribution in [1.82, 2.24) is 4.98 Å². The highest BCUT2D eigenvalue weighted by molar-refractivity contribution is 9.11. The minimum Gasteiger partial charge on any atom is -0.255 e. The van der Waals surface area contributed by atoms with Crippen LogP contribution in [-0.2, 0) is 0 Å². The molecule has 5 heteroatoms. The van der Waals surface area contributed by atoms with Crippen LogP contribution in [0.1, 0.15) is 5.56 Å². The van der Waals surface area contributed by atoms with E-state index in [2.05, 4.69) is 36.8 Å². The Morgan fingerprint density at radius 3 is 2.73 bits per heavy atom. The molecule has 0 aliphatic rings. The molecule has 0 radical (unpaired) electrons. The number of rotatable bonds is 0. The first kappa shape index (κ1) is 11.3. The molecule has 1 aromatic carbocycles. The molecule has 0 bridgehead atoms. The van der Waals surface area contributed by atoms with E-state index >= 15 is 0 Å². The van der Waals surface area contributed by atoms with Gasteiger partial charge >= 0.3 is 0 Å². The number of aryl methyl sites for hydroxylation is 1. The highest BCUT2D eigenvalue weighted by Gasteiger charge is 2.14. The van der Waals surface area contributed by atoms with Crippen LogP contribution in [-0.4, -0.2) is 4.98 Å². The van der Waals surface area contributed by atoms with Gasteiger partial charge in [0.15, 0.2) is 0 Å². The molecule has 0 aliphatic carbocycles. The molecular weight excluding hydrogens is 348 g/mol. The van der Waals surface area contributed by atoms with E-state index in [1.165, 1.54) is 6.07 Å². The molecule has 1 nitrogen and oxygen atoms in total. The topological polar surface area (TPSA) is 12.9 Å². The second kappa shape index (κ2) is 4.00. The summed E-state index contributed by atoms with van der Waals surface area (Å²) in [6.45, 7) is 1.83. The van der Waals surface area contributed by atoms with Crippen molar-refractivity contribution < 1.29 is 4.39 Å². The highest BCUT2D eigenvalue weighted by atomic mass is 79.9. The molecule has 0 aliphatic heterocycles. The molecule has 15 heavy (non-hydrogen) atoms. The smallest absolute Gasteiger partial charge is 0.139 e. The van der Waals surface area contributed by atoms with Crippen molar-refractivity contribution in [2.45, 2.75) is 6.92 Å². The average molecular weight is 353 g/mol. The van der Waals surface area contributed by atoms with Gasteiger partial charge in [-0.1, -0.05) is 11.6 Å². The number of pyridine rings is 1. The number of hydrogen-bond donors (Lipinski definition) is 0. The molecule has 1 heterocycles. The Labute approximate surface area is 108 Å². The third kappa shape index (κ3) is 1.79. The molecule has 2 rings (SSSR count). The van der Waals surface area contributed by atoms with Gasteiger partial charge in [-0.15, -0.1) is 0 Å². The molecule has 78 valence electrons. The van der Waals surface area contributed by atoms with Crippen LogP contribution in [0.4, 0.5) is 4.39 Å². The number of nitrogens with zero attached hydrogens (tertiary/aromatic N) is 1. The summed E-state index contributed by atoms with van der Waals surface area (Å²) < 4.78 is 14.4. The largest absolute Gasteiger partial charge is 0.255 e. The van der Waals surface area contributed by atoms with Gasteiger partial charge in [0.1, 0.15) is 5.82 Å². The molecule has 0 amide bonds. The molecule has 0 spiro atoms. The van der Waals surface area contributed by atoms with E-state index in [1.54, 1.807) is 6.20 Å². The number of fused-ring (bicyclic) bond motifs is 1. The van der Waals surface area contributed by atoms with Crippen molar-refractivity contribution >= 4 is 54.4 Å². The molecule has 1 aromatic heterocycles. The Bertz CT molecular complexity index is 549. The van der Waals surface area contributed by atoms with Crippen molar-refractivity contribution in [3.8, 4) is 0 Å². The van der Waals surface area contributed by atoms with Crippen LogP contribution < -0.4 is 0 Å². The lowest BCUT2D eigenvalue weighted by atomic mass is 10.1. The first-order chi connectivity index (χ1) is 7.02. The fourth-order valence-corrected chi connectivity index (χ4v) is 2.68. The van der Waals surface area contributed by atoms with Gasteiger partial charge in [-0.3, -0.25) is 4.98 Å². The zero-order valence-electron chi connectivity index (χ0n) is 7.61. The van der Waals surface area contributed by atoms with E-state index in [0.717, 1.165) is 5.56 Å². The lowest BCUT2D eigenvalue weighted by Crippen LogP contribution is -1.89. The molecule has 0 N–H and O–H groups in total. The number of halogens is 4. The zero-order valence-corrected chi connectivity index (χ0v) is 11.5. The van der Waals surface area contributed by atoms with Crippen molar-refractivity contribution in [2.75, 3.05) is 0 Å². The molecule has 0 unspecified atom stereocenters. The van der Waals surface area contributed by atoms with E-state index < -0.39 is 0 Å². The summed E-state index contributed by atoms with van der Waals surface area (Å²) >= 11 is 12.6. The maximum atomic E-state index is 13.5. The van der Waals surface area contributed by atoms with Gasteiger partial charge in [0.2, 0.25) is 0 Å². The number of benzene rings is 1. The van der Waals surface area contributed by atoms with Gasteiger partial charge in [-0.25, -0.2) is 4.39 Å². The lowest BCUT2D eigenvalue weighted by molar-refractivity contribution is 0.622. The minimum absolute atomic E-state index is 0.349. The Hall–Kier alpha value is -0.190. The van der Waals surface area contributed by atoms with Crippen LogP contribution in [0.3, 0.4) is 0 Å². The second-order valence-electron chi connectivity index (χ2n) is 3.13. The van der Waals surface area contributed by atoms with Crippen LogP contribution in [0.25, 0.3) is 10.9 Å². The van der Waals surface area contributed by atoms with Gasteiger partial charge in [0, 0.05) is 16.1 Å². The quantitative estimate of drug-likeness (QED) is 0.616. The lowest BCUT2D eigenvalue weighted by Gasteiger charge is -2.07. The summed E-state index contributed by atoms with van der Waals surface area (Å²) in [4.78, 5) is 4.22. The fraction of sp³-hybridized carbons (Fsp3) is 0.100. The maximum absolute atomic E-state index is 13.5. The van der Waals surface area contributed by atoms with Crippen LogP contribution in [0.2, 0.25) is 5.02 Å². The van der Waals surface area contributed by atoms with Crippen LogP contribution in [0.5, 0.6) is 0 Å². The molecule has 0 saturated carbocycles. The average Bonchev–Trinajstić information content (AvgIpc) is 2.19. The first-order valence-corrected chi connectivity index (χ1v) is 6.07. The summed E-state index contributed by atoms with van der Waals surface area (Å²) in [5, 5.41) is 1.12. The van der Waals surface area contributed by atoms with E-state index in [9.17, 15) is 4.39 Å². The van der Waals surface area contributed by atoms with E-state index in [-0.39, 0.29) is 5.82 Å². The Morgan fingerprint density at radius 1 is 1.40 bits per heavy atom. The fourth-order valence-electron chi connectivity index (χ4n) is 1.33. The van der Waals surface area contributed by atoms with Gasteiger partial charge in [-0.2, -0.15) is 0 Å². The summed E-state index contributed by atoms with van der Waals surface area (Å²) in [6.07, 6.45) is 1.67. The summed E-state index contributed by atoms with van der Waals surface area (Å²) in [6, 6.07) is 1.37. The van der Waals surface area contributed by atoms with Crippen molar-refractivity contribution in [2.24, 2.45) is 0 Å². The van der Waals surface area contributed by atoms with E-state index in [1.807, 2.05) is 6.92 Å². The monoisotopic (exact) mass is 351 g/mol. The number of hydrogen-bond acceptors (Lipinski definition) is 1. The Morgan fingerprint density at radius 2 is 2.07 bits per heavy atom. The predicted molar refractivity (Wildman–Crippen MR) is 66.8 cm³/mol. The maximum Gasteiger partial charge on any atom is 0.139 e. The van der Waals surface area contributed by atoms with Crippen LogP contribution in [0.15, 0.2) is 21.2 Å². The predicted octanol–water partition coefficient (Wildman–Crippen LogP) is 4.86. The zero-order chi connectivity index (χ0) is 11.2. The molecule has 2 aromatic rings. The van der Waals surface area contributed by atoms with Gasteiger partial charge in [0.05, 0.1) is 15.0 Å². The van der Waals surface area contributed by atoms with Crippen molar-refractivity contribution in [1.29, 1.82) is 0 Å². The van der Waals surface area contributed by atoms with E-state index in [4.69, 9.17) is 11.6 Å². The van der Waals surface area contributed by atoms with Crippen LogP contribution in [0, 0.1) is 12.7 Å². The number of aromatic nitrogens is 1. The van der Waals surface area contributed by atoms with Gasteiger partial charge in [-0.05, 0) is 50.4 Å². The van der Waals surface area contributed by atoms with E-state index in [0.29, 0.717) is 24.9 Å². The SMILES string of the molecule is Cc1cnc2c(Br)cc(F)c(Br)c2c1Cl. The molecular formula is C10H5Br2ClFN. The van der Waals surface area contributed by atoms with Gasteiger partial charge in [0.25, 0.3) is 0 Å². The third-order valence-electron chi connectivity index (χ3n) is 2.10. The summed E-state index contributed by atoms with van der Waals surface area (Å²) in [5.41, 5.74) is 1.47. The minimum atomic E-state index is -0.358. The second-order valence-corrected chi connectivity index (χ2v) is 5.16. The third-order valence-corrected chi connectivity index (χ3v) is 3.97. The Balaban J connectivity index is 3.04. The normalized spacial score (nSPS) is 11.0. The molecule has 0 atom stereocenters. The summed E-state index contributed by atoms with van der Waals surface area (Å²) in [5.74, 6) is -0.358. The van der Waals surface area contributed by atoms with Crippen molar-refractivity contribution in [3.63, 3.8) is 0 Å². The summed E-state index contributed by atoms with van der Waals surface area (Å²) in [7, 11) is 0. The Kier molecular flexibility index (Phi) is 3.01.